The number of phenolic OH excluding ortho intramolecular Hbond substituents is 1. The summed E-state index contributed by atoms with van der Waals surface area (Å²) in [5.41, 5.74) is 4.73. The molecule has 0 aliphatic carbocycles. The van der Waals surface area contributed by atoms with Gasteiger partial charge in [0.1, 0.15) is 29.1 Å². The van der Waals surface area contributed by atoms with Crippen molar-refractivity contribution in [3.63, 3.8) is 0 Å². The van der Waals surface area contributed by atoms with E-state index in [2.05, 4.69) is 4.98 Å². The highest BCUT2D eigenvalue weighted by Gasteiger charge is 2.21. The van der Waals surface area contributed by atoms with Crippen LogP contribution in [0.5, 0.6) is 11.5 Å². The van der Waals surface area contributed by atoms with Gasteiger partial charge in [-0.1, -0.05) is 11.6 Å². The maximum atomic E-state index is 11.9. The van der Waals surface area contributed by atoms with Gasteiger partial charge in [0.15, 0.2) is 11.5 Å². The number of rotatable bonds is 3. The first kappa shape index (κ1) is 16.2. The molecule has 0 aliphatic rings. The molecule has 0 saturated carbocycles. The first-order valence-electron chi connectivity index (χ1n) is 6.46. The topological polar surface area (TPSA) is 136 Å². The summed E-state index contributed by atoms with van der Waals surface area (Å²) in [6.07, 6.45) is 0. The molecule has 0 saturated heterocycles. The molecule has 0 atom stereocenters. The minimum atomic E-state index is -0.735. The molecule has 0 radical (unpaired) electrons. The number of aromatic hydroxyl groups is 1. The largest absolute Gasteiger partial charge is 0.504 e. The molecule has 0 fully saturated rings. The zero-order chi connectivity index (χ0) is 17.1. The molecule has 0 unspecified atom stereocenters. The van der Waals surface area contributed by atoms with Crippen LogP contribution in [0, 0.1) is 22.7 Å². The number of ether oxygens (including phenoxy) is 1. The summed E-state index contributed by atoms with van der Waals surface area (Å²) in [5.74, 6) is -0.262. The average Bonchev–Trinajstić information content (AvgIpc) is 2.49. The van der Waals surface area contributed by atoms with Crippen molar-refractivity contribution in [2.24, 2.45) is 0 Å². The van der Waals surface area contributed by atoms with Crippen molar-refractivity contribution < 1.29 is 9.84 Å². The molecule has 2 rings (SSSR count). The molecule has 1 heterocycles. The number of halogens is 1. The number of nitrogens with one attached hydrogen (secondary N) is 1. The molecule has 0 aliphatic heterocycles. The normalized spacial score (nSPS) is 9.91. The van der Waals surface area contributed by atoms with Crippen molar-refractivity contribution in [2.75, 3.05) is 12.3 Å². The molecule has 1 aromatic heterocycles. The molecule has 4 N–H and O–H groups in total. The monoisotopic (exact) mass is 330 g/mol. The molecule has 116 valence electrons. The highest BCUT2D eigenvalue weighted by molar-refractivity contribution is 6.33. The van der Waals surface area contributed by atoms with E-state index >= 15 is 0 Å². The molecule has 0 bridgehead atoms. The Labute approximate surface area is 136 Å². The number of nitrogen functional groups attached to an aromatic ring is 1. The Morgan fingerprint density at radius 1 is 1.35 bits per heavy atom. The van der Waals surface area contributed by atoms with E-state index < -0.39 is 5.56 Å². The minimum absolute atomic E-state index is 0.00204. The van der Waals surface area contributed by atoms with Gasteiger partial charge < -0.3 is 20.6 Å². The number of phenols is 1. The second kappa shape index (κ2) is 6.30. The molecule has 8 heteroatoms. The Hall–Kier alpha value is -3.16. The number of aromatic nitrogens is 1. The summed E-state index contributed by atoms with van der Waals surface area (Å²) in [7, 11) is 0. The second-order valence-electron chi connectivity index (χ2n) is 4.45. The molecule has 23 heavy (non-hydrogen) atoms. The van der Waals surface area contributed by atoms with Crippen molar-refractivity contribution >= 4 is 17.4 Å². The number of nitrogens with two attached hydrogens (primary N) is 1. The number of anilines is 1. The number of pyridine rings is 1. The van der Waals surface area contributed by atoms with Gasteiger partial charge in [0, 0.05) is 17.2 Å². The Morgan fingerprint density at radius 3 is 2.57 bits per heavy atom. The third-order valence-corrected chi connectivity index (χ3v) is 3.40. The predicted molar refractivity (Wildman–Crippen MR) is 84.2 cm³/mol. The molecule has 1 aromatic carbocycles. The van der Waals surface area contributed by atoms with Crippen LogP contribution in [0.15, 0.2) is 16.9 Å². The van der Waals surface area contributed by atoms with Crippen LogP contribution in [0.3, 0.4) is 0 Å². The number of hydrogen-bond acceptors (Lipinski definition) is 6. The van der Waals surface area contributed by atoms with E-state index in [1.54, 1.807) is 13.0 Å². The first-order valence-corrected chi connectivity index (χ1v) is 6.84. The van der Waals surface area contributed by atoms with Crippen LogP contribution in [0.2, 0.25) is 5.02 Å². The van der Waals surface area contributed by atoms with Gasteiger partial charge in [-0.15, -0.1) is 0 Å². The third-order valence-electron chi connectivity index (χ3n) is 3.09. The van der Waals surface area contributed by atoms with E-state index in [0.717, 1.165) is 0 Å². The van der Waals surface area contributed by atoms with Crippen molar-refractivity contribution in [3.8, 4) is 34.8 Å². The van der Waals surface area contributed by atoms with E-state index in [4.69, 9.17) is 22.1 Å². The van der Waals surface area contributed by atoms with Gasteiger partial charge in [-0.3, -0.25) is 4.79 Å². The maximum Gasteiger partial charge on any atom is 0.268 e. The van der Waals surface area contributed by atoms with Gasteiger partial charge in [-0.2, -0.15) is 10.5 Å². The maximum absolute atomic E-state index is 11.9. The lowest BCUT2D eigenvalue weighted by Crippen LogP contribution is -2.16. The first-order chi connectivity index (χ1) is 10.9. The van der Waals surface area contributed by atoms with E-state index in [-0.39, 0.29) is 51.2 Å². The summed E-state index contributed by atoms with van der Waals surface area (Å²) < 4.78 is 5.27. The molecule has 7 nitrogen and oxygen atoms in total. The number of H-pyrrole nitrogens is 1. The lowest BCUT2D eigenvalue weighted by atomic mass is 9.96. The van der Waals surface area contributed by atoms with Gasteiger partial charge in [-0.05, 0) is 13.0 Å². The average molecular weight is 331 g/mol. The van der Waals surface area contributed by atoms with Crippen molar-refractivity contribution in [3.05, 3.63) is 38.6 Å². The Bertz CT molecular complexity index is 922. The summed E-state index contributed by atoms with van der Waals surface area (Å²) in [6, 6.07) is 6.16. The fourth-order valence-electron chi connectivity index (χ4n) is 2.12. The van der Waals surface area contributed by atoms with E-state index in [9.17, 15) is 20.4 Å². The molecule has 0 amide bonds. The lowest BCUT2D eigenvalue weighted by molar-refractivity contribution is 0.318. The van der Waals surface area contributed by atoms with Gasteiger partial charge in [0.25, 0.3) is 5.56 Å². The van der Waals surface area contributed by atoms with Gasteiger partial charge in [-0.25, -0.2) is 0 Å². The molecular formula is C15H11ClN4O3. The number of nitriles is 2. The molecule has 2 aromatic rings. The minimum Gasteiger partial charge on any atom is -0.504 e. The SMILES string of the molecule is CCOc1cc(-c2c(C#N)c(N)[nH]c(=O)c2C#N)c(Cl)cc1O. The summed E-state index contributed by atoms with van der Waals surface area (Å²) in [5, 5.41) is 28.4. The Morgan fingerprint density at radius 2 is 2.00 bits per heavy atom. The van der Waals surface area contributed by atoms with Crippen LogP contribution in [0.1, 0.15) is 18.1 Å². The zero-order valence-corrected chi connectivity index (χ0v) is 12.7. The predicted octanol–water partition coefficient (Wildman–Crippen LogP) is 2.13. The van der Waals surface area contributed by atoms with Crippen molar-refractivity contribution in [2.45, 2.75) is 6.92 Å². The summed E-state index contributed by atoms with van der Waals surface area (Å²) in [4.78, 5) is 14.2. The highest BCUT2D eigenvalue weighted by atomic mass is 35.5. The Kier molecular flexibility index (Phi) is 4.44. The van der Waals surface area contributed by atoms with Crippen LogP contribution in [0.4, 0.5) is 5.82 Å². The summed E-state index contributed by atoms with van der Waals surface area (Å²) >= 11 is 6.11. The van der Waals surface area contributed by atoms with Gasteiger partial charge in [0.05, 0.1) is 11.6 Å². The number of benzene rings is 1. The summed E-state index contributed by atoms with van der Waals surface area (Å²) in [6.45, 7) is 2.00. The zero-order valence-electron chi connectivity index (χ0n) is 12.0. The number of nitrogens with zero attached hydrogens (tertiary/aromatic N) is 2. The van der Waals surface area contributed by atoms with Gasteiger partial charge >= 0.3 is 0 Å². The van der Waals surface area contributed by atoms with Crippen LogP contribution < -0.4 is 16.0 Å². The Balaban J connectivity index is 2.93. The lowest BCUT2D eigenvalue weighted by Gasteiger charge is -2.13. The van der Waals surface area contributed by atoms with Gasteiger partial charge in [0.2, 0.25) is 0 Å². The molecule has 0 spiro atoms. The van der Waals surface area contributed by atoms with E-state index in [1.807, 2.05) is 6.07 Å². The third kappa shape index (κ3) is 2.78. The van der Waals surface area contributed by atoms with E-state index in [0.29, 0.717) is 0 Å². The fraction of sp³-hybridized carbons (Fsp3) is 0.133. The smallest absolute Gasteiger partial charge is 0.268 e. The van der Waals surface area contributed by atoms with Crippen molar-refractivity contribution in [1.82, 2.24) is 4.98 Å². The second-order valence-corrected chi connectivity index (χ2v) is 4.86. The standard InChI is InChI=1S/C15H11ClN4O3/c1-2-23-12-3-7(10(16)4-11(12)21)13-8(5-17)14(19)20-15(22)9(13)6-18/h3-4,21H,2H2,1H3,(H3,19,20,22). The van der Waals surface area contributed by atoms with Crippen LogP contribution >= 0.6 is 11.6 Å². The van der Waals surface area contributed by atoms with Crippen LogP contribution in [-0.4, -0.2) is 16.7 Å². The van der Waals surface area contributed by atoms with Crippen LogP contribution in [0.25, 0.3) is 11.1 Å². The number of hydrogen-bond donors (Lipinski definition) is 3. The highest BCUT2D eigenvalue weighted by Crippen LogP contribution is 2.40. The molecular weight excluding hydrogens is 320 g/mol. The van der Waals surface area contributed by atoms with Crippen molar-refractivity contribution in [1.29, 1.82) is 10.5 Å². The quantitative estimate of drug-likeness (QED) is 0.788. The van der Waals surface area contributed by atoms with Crippen LogP contribution in [-0.2, 0) is 0 Å². The number of aromatic amines is 1. The fourth-order valence-corrected chi connectivity index (χ4v) is 2.37. The van der Waals surface area contributed by atoms with E-state index in [1.165, 1.54) is 12.1 Å².